The lowest BCUT2D eigenvalue weighted by atomic mass is 9.90. The summed E-state index contributed by atoms with van der Waals surface area (Å²) >= 11 is 0. The van der Waals surface area contributed by atoms with Crippen LogP contribution < -0.4 is 16.0 Å². The Labute approximate surface area is 203 Å². The molecule has 4 rings (SSSR count). The molecule has 0 spiro atoms. The number of hydrogen-bond acceptors (Lipinski definition) is 8. The van der Waals surface area contributed by atoms with E-state index in [4.69, 9.17) is 4.74 Å². The average Bonchev–Trinajstić information content (AvgIpc) is 2.81. The van der Waals surface area contributed by atoms with E-state index in [1.807, 2.05) is 18.2 Å². The number of hydrogen-bond donors (Lipinski definition) is 3. The number of fused-ring (bicyclic) bond motifs is 1. The number of aromatic nitrogens is 3. The van der Waals surface area contributed by atoms with Crippen LogP contribution in [0, 0.1) is 17.1 Å². The first-order valence-corrected chi connectivity index (χ1v) is 11.6. The van der Waals surface area contributed by atoms with Crippen LogP contribution >= 0.6 is 0 Å². The van der Waals surface area contributed by atoms with Crippen LogP contribution in [0.25, 0.3) is 11.0 Å². The van der Waals surface area contributed by atoms with Crippen LogP contribution in [-0.4, -0.2) is 38.7 Å². The average molecular weight is 478 g/mol. The van der Waals surface area contributed by atoms with Crippen molar-refractivity contribution >= 4 is 34.4 Å². The number of anilines is 3. The lowest BCUT2D eigenvalue weighted by molar-refractivity contribution is 0.0488. The maximum atomic E-state index is 14.9. The Bertz CT molecular complexity index is 1270. The maximum absolute atomic E-state index is 14.9. The number of nitrogens with one attached hydrogen (secondary N) is 3. The van der Waals surface area contributed by atoms with Gasteiger partial charge in [0.25, 0.3) is 0 Å². The standard InChI is InChI=1S/C25H28FN7O2/c1-25(2,3)35-24(34)32-20-9-5-4-8-19(20)31-23-18(26)12-16(13-27)22(33-23)30-17-11-15-7-6-10-28-21(15)29-14-17/h6-7,10-12,14,19-20H,4-5,8-9H2,1-3H3,(H,32,34)(H2,30,31,33)/t19-,20+/m1/s1. The highest BCUT2D eigenvalue weighted by atomic mass is 19.1. The van der Waals surface area contributed by atoms with E-state index in [-0.39, 0.29) is 29.3 Å². The zero-order chi connectivity index (χ0) is 25.0. The first-order valence-electron chi connectivity index (χ1n) is 11.6. The highest BCUT2D eigenvalue weighted by Gasteiger charge is 2.29. The lowest BCUT2D eigenvalue weighted by Gasteiger charge is -2.33. The van der Waals surface area contributed by atoms with Crippen molar-refractivity contribution in [3.8, 4) is 6.07 Å². The van der Waals surface area contributed by atoms with Gasteiger partial charge >= 0.3 is 6.09 Å². The van der Waals surface area contributed by atoms with Crippen LogP contribution in [0.1, 0.15) is 52.0 Å². The zero-order valence-electron chi connectivity index (χ0n) is 19.9. The molecule has 3 aromatic heterocycles. The minimum absolute atomic E-state index is 0.00445. The van der Waals surface area contributed by atoms with Crippen molar-refractivity contribution in [2.24, 2.45) is 0 Å². The predicted octanol–water partition coefficient (Wildman–Crippen LogP) is 5.03. The van der Waals surface area contributed by atoms with Crippen molar-refractivity contribution in [1.82, 2.24) is 20.3 Å². The Hall–Kier alpha value is -4.00. The minimum Gasteiger partial charge on any atom is -0.444 e. The lowest BCUT2D eigenvalue weighted by Crippen LogP contribution is -2.50. The number of carbonyl (C=O) groups excluding carboxylic acids is 1. The number of ether oxygens (including phenoxy) is 1. The molecule has 1 fully saturated rings. The van der Waals surface area contributed by atoms with Crippen LogP contribution in [-0.2, 0) is 4.74 Å². The summed E-state index contributed by atoms with van der Waals surface area (Å²) in [6.07, 6.45) is 6.07. The van der Waals surface area contributed by atoms with Crippen LogP contribution in [0.15, 0.2) is 36.7 Å². The molecule has 182 valence electrons. The van der Waals surface area contributed by atoms with Crippen molar-refractivity contribution in [2.75, 3.05) is 10.6 Å². The monoisotopic (exact) mass is 477 g/mol. The van der Waals surface area contributed by atoms with Crippen LogP contribution in [0.3, 0.4) is 0 Å². The topological polar surface area (TPSA) is 125 Å². The van der Waals surface area contributed by atoms with E-state index in [2.05, 4.69) is 30.9 Å². The first kappa shape index (κ1) is 24.1. The number of alkyl carbamates (subject to hydrolysis) is 1. The number of carbonyl (C=O) groups is 1. The molecule has 3 N–H and O–H groups in total. The van der Waals surface area contributed by atoms with E-state index in [0.717, 1.165) is 37.1 Å². The van der Waals surface area contributed by atoms with Crippen LogP contribution in [0.2, 0.25) is 0 Å². The van der Waals surface area contributed by atoms with E-state index < -0.39 is 17.5 Å². The van der Waals surface area contributed by atoms with Gasteiger partial charge in [0.1, 0.15) is 11.7 Å². The molecule has 0 radical (unpaired) electrons. The van der Waals surface area contributed by atoms with Crippen LogP contribution in [0.5, 0.6) is 0 Å². The highest BCUT2D eigenvalue weighted by Crippen LogP contribution is 2.28. The van der Waals surface area contributed by atoms with E-state index in [1.54, 1.807) is 39.2 Å². The molecule has 0 aromatic carbocycles. The van der Waals surface area contributed by atoms with Gasteiger partial charge in [0.15, 0.2) is 23.1 Å². The van der Waals surface area contributed by atoms with E-state index in [1.165, 1.54) is 0 Å². The summed E-state index contributed by atoms with van der Waals surface area (Å²) in [6, 6.07) is 8.15. The molecule has 0 aliphatic heterocycles. The fraction of sp³-hybridized carbons (Fsp3) is 0.400. The summed E-state index contributed by atoms with van der Waals surface area (Å²) in [5.41, 5.74) is 0.630. The quantitative estimate of drug-likeness (QED) is 0.467. The Morgan fingerprint density at radius 1 is 1.17 bits per heavy atom. The molecule has 0 unspecified atom stereocenters. The van der Waals surface area contributed by atoms with Gasteiger partial charge in [-0.05, 0) is 57.9 Å². The fourth-order valence-corrected chi connectivity index (χ4v) is 4.05. The number of halogens is 1. The molecule has 2 atom stereocenters. The Balaban J connectivity index is 1.55. The summed E-state index contributed by atoms with van der Waals surface area (Å²) in [5, 5.41) is 19.5. The number of pyridine rings is 3. The minimum atomic E-state index is -0.644. The summed E-state index contributed by atoms with van der Waals surface area (Å²) in [5.74, 6) is -0.437. The van der Waals surface area contributed by atoms with E-state index in [0.29, 0.717) is 11.3 Å². The van der Waals surface area contributed by atoms with Crippen LogP contribution in [0.4, 0.5) is 26.5 Å². The third kappa shape index (κ3) is 6.12. The molecule has 0 saturated heterocycles. The molecule has 3 aromatic rings. The molecular formula is C25H28FN7O2. The first-order chi connectivity index (χ1) is 16.7. The fourth-order valence-electron chi connectivity index (χ4n) is 4.05. The van der Waals surface area contributed by atoms with E-state index in [9.17, 15) is 14.4 Å². The van der Waals surface area contributed by atoms with Gasteiger partial charge in [0.2, 0.25) is 0 Å². The van der Waals surface area contributed by atoms with Gasteiger partial charge in [-0.15, -0.1) is 0 Å². The second-order valence-corrected chi connectivity index (χ2v) is 9.51. The Morgan fingerprint density at radius 2 is 1.94 bits per heavy atom. The summed E-state index contributed by atoms with van der Waals surface area (Å²) in [7, 11) is 0. The predicted molar refractivity (Wildman–Crippen MR) is 131 cm³/mol. The van der Waals surface area contributed by atoms with Gasteiger partial charge < -0.3 is 20.7 Å². The van der Waals surface area contributed by atoms with Gasteiger partial charge in [-0.25, -0.2) is 24.1 Å². The molecule has 1 aliphatic rings. The van der Waals surface area contributed by atoms with Gasteiger partial charge in [0, 0.05) is 17.6 Å². The van der Waals surface area contributed by atoms with Gasteiger partial charge in [-0.3, -0.25) is 0 Å². The molecular weight excluding hydrogens is 449 g/mol. The van der Waals surface area contributed by atoms with Gasteiger partial charge in [0.05, 0.1) is 23.5 Å². The molecule has 0 bridgehead atoms. The highest BCUT2D eigenvalue weighted by molar-refractivity contribution is 5.79. The summed E-state index contributed by atoms with van der Waals surface area (Å²) in [4.78, 5) is 25.2. The SMILES string of the molecule is CC(C)(C)OC(=O)N[C@H]1CCCC[C@H]1Nc1nc(Nc2cnc3ncccc3c2)c(C#N)cc1F. The second-order valence-electron chi connectivity index (χ2n) is 9.51. The van der Waals surface area contributed by atoms with Crippen molar-refractivity contribution < 1.29 is 13.9 Å². The maximum Gasteiger partial charge on any atom is 0.407 e. The number of nitriles is 1. The Kier molecular flexibility index (Phi) is 6.96. The zero-order valence-corrected chi connectivity index (χ0v) is 19.9. The van der Waals surface area contributed by atoms with Crippen molar-refractivity contribution in [3.63, 3.8) is 0 Å². The van der Waals surface area contributed by atoms with Crippen molar-refractivity contribution in [3.05, 3.63) is 48.0 Å². The number of nitrogens with zero attached hydrogens (tertiary/aromatic N) is 4. The third-order valence-electron chi connectivity index (χ3n) is 5.60. The number of rotatable bonds is 5. The summed E-state index contributed by atoms with van der Waals surface area (Å²) in [6.45, 7) is 5.40. The molecule has 9 nitrogen and oxygen atoms in total. The summed E-state index contributed by atoms with van der Waals surface area (Å²) < 4.78 is 20.3. The second kappa shape index (κ2) is 10.1. The smallest absolute Gasteiger partial charge is 0.407 e. The molecule has 1 amide bonds. The molecule has 10 heteroatoms. The van der Waals surface area contributed by atoms with Crippen molar-refractivity contribution in [2.45, 2.75) is 64.1 Å². The normalized spacial score (nSPS) is 17.9. The Morgan fingerprint density at radius 3 is 2.69 bits per heavy atom. The van der Waals surface area contributed by atoms with Gasteiger partial charge in [-0.2, -0.15) is 5.26 Å². The third-order valence-corrected chi connectivity index (χ3v) is 5.60. The molecule has 3 heterocycles. The molecule has 35 heavy (non-hydrogen) atoms. The van der Waals surface area contributed by atoms with Gasteiger partial charge in [-0.1, -0.05) is 12.8 Å². The molecule has 1 saturated carbocycles. The van der Waals surface area contributed by atoms with Crippen molar-refractivity contribution in [1.29, 1.82) is 5.26 Å². The van der Waals surface area contributed by atoms with E-state index >= 15 is 0 Å². The molecule has 1 aliphatic carbocycles. The largest absolute Gasteiger partial charge is 0.444 e. The number of amides is 1.